The fraction of sp³-hybridized carbons (Fsp3) is 0.577. The molecule has 0 aliphatic heterocycles. The molecule has 0 radical (unpaired) electrons. The summed E-state index contributed by atoms with van der Waals surface area (Å²) in [7, 11) is 0. The van der Waals surface area contributed by atoms with E-state index in [1.54, 1.807) is 12.1 Å². The summed E-state index contributed by atoms with van der Waals surface area (Å²) in [6.45, 7) is 4.56. The maximum absolute atomic E-state index is 13.5. The van der Waals surface area contributed by atoms with E-state index in [1.807, 2.05) is 6.08 Å². The summed E-state index contributed by atoms with van der Waals surface area (Å²) in [5.41, 5.74) is 3.11. The molecule has 0 spiro atoms. The fourth-order valence-electron chi connectivity index (χ4n) is 7.33. The number of carbonyl (C=O) groups is 1. The molecule has 1 N–H and O–H groups in total. The van der Waals surface area contributed by atoms with Crippen LogP contribution in [0.1, 0.15) is 64.4 Å². The van der Waals surface area contributed by atoms with Crippen LogP contribution in [0.4, 0.5) is 5.69 Å². The molecule has 164 valence electrons. The topological polar surface area (TPSA) is 80.4 Å². The maximum atomic E-state index is 13.5. The van der Waals surface area contributed by atoms with Crippen LogP contribution in [-0.2, 0) is 4.79 Å². The number of rotatable bonds is 2. The van der Waals surface area contributed by atoms with Crippen LogP contribution in [0.25, 0.3) is 6.08 Å². The molecule has 0 amide bonds. The summed E-state index contributed by atoms with van der Waals surface area (Å²) in [4.78, 5) is 24.0. The molecule has 5 heteroatoms. The second-order valence-electron chi connectivity index (χ2n) is 10.7. The van der Waals surface area contributed by atoms with Gasteiger partial charge in [-0.15, -0.1) is 0 Å². The molecule has 5 rings (SSSR count). The van der Waals surface area contributed by atoms with Gasteiger partial charge in [0.2, 0.25) is 0 Å². The third-order valence-corrected chi connectivity index (χ3v) is 9.16. The third-order valence-electron chi connectivity index (χ3n) is 9.16. The number of hydrogen-bond donors (Lipinski definition) is 1. The largest absolute Gasteiger partial charge is 0.393 e. The van der Waals surface area contributed by atoms with Crippen molar-refractivity contribution < 1.29 is 14.8 Å². The van der Waals surface area contributed by atoms with Gasteiger partial charge in [-0.2, -0.15) is 0 Å². The second kappa shape index (κ2) is 7.13. The van der Waals surface area contributed by atoms with E-state index in [1.165, 1.54) is 17.7 Å². The molecule has 3 fully saturated rings. The van der Waals surface area contributed by atoms with Crippen molar-refractivity contribution in [2.24, 2.45) is 28.6 Å². The lowest BCUT2D eigenvalue weighted by molar-refractivity contribution is -0.384. The number of nitro benzene ring substituents is 1. The quantitative estimate of drug-likeness (QED) is 0.297. The first-order chi connectivity index (χ1) is 14.7. The zero-order chi connectivity index (χ0) is 22.0. The van der Waals surface area contributed by atoms with Gasteiger partial charge in [0.1, 0.15) is 0 Å². The highest BCUT2D eigenvalue weighted by Gasteiger charge is 2.59. The standard InChI is InChI=1S/C26H31NO4/c1-25-11-9-20(28)15-18(25)5-8-21-22(25)10-12-26(2)23(21)14-17(24(26)29)13-16-3-6-19(7-4-16)27(30)31/h3-7,13,20-23,28H,8-12,14-15H2,1-2H3/b17-13-/t20?,21?,22?,23?,25-,26-/m1/s1. The number of hydrogen-bond acceptors (Lipinski definition) is 4. The number of nitro groups is 1. The summed E-state index contributed by atoms with van der Waals surface area (Å²) in [5, 5.41) is 21.1. The predicted molar refractivity (Wildman–Crippen MR) is 119 cm³/mol. The van der Waals surface area contributed by atoms with Crippen LogP contribution in [0, 0.1) is 38.7 Å². The Labute approximate surface area is 183 Å². The zero-order valence-electron chi connectivity index (χ0n) is 18.3. The van der Waals surface area contributed by atoms with Crippen molar-refractivity contribution in [3.63, 3.8) is 0 Å². The van der Waals surface area contributed by atoms with Gasteiger partial charge in [-0.1, -0.05) is 25.5 Å². The van der Waals surface area contributed by atoms with Gasteiger partial charge < -0.3 is 5.11 Å². The van der Waals surface area contributed by atoms with E-state index in [4.69, 9.17) is 0 Å². The smallest absolute Gasteiger partial charge is 0.269 e. The number of allylic oxidation sites excluding steroid dienone is 2. The van der Waals surface area contributed by atoms with Crippen LogP contribution in [0.5, 0.6) is 0 Å². The molecule has 6 atom stereocenters. The number of carbonyl (C=O) groups excluding carboxylic acids is 1. The molecule has 5 nitrogen and oxygen atoms in total. The van der Waals surface area contributed by atoms with E-state index in [0.29, 0.717) is 17.8 Å². The third kappa shape index (κ3) is 3.12. The van der Waals surface area contributed by atoms with Gasteiger partial charge in [0.15, 0.2) is 5.78 Å². The average molecular weight is 422 g/mol. The van der Waals surface area contributed by atoms with Gasteiger partial charge >= 0.3 is 0 Å². The lowest BCUT2D eigenvalue weighted by atomic mass is 9.48. The molecule has 4 aliphatic carbocycles. The number of Topliss-reactive ketones (excluding diaryl/α,β-unsaturated/α-hetero) is 1. The minimum absolute atomic E-state index is 0.0685. The molecular formula is C26H31NO4. The Morgan fingerprint density at radius 2 is 1.77 bits per heavy atom. The van der Waals surface area contributed by atoms with Crippen LogP contribution in [-0.4, -0.2) is 21.9 Å². The molecular weight excluding hydrogens is 390 g/mol. The van der Waals surface area contributed by atoms with Crippen LogP contribution in [0.3, 0.4) is 0 Å². The summed E-state index contributed by atoms with van der Waals surface area (Å²) in [5.74, 6) is 1.72. The summed E-state index contributed by atoms with van der Waals surface area (Å²) >= 11 is 0. The molecule has 31 heavy (non-hydrogen) atoms. The maximum Gasteiger partial charge on any atom is 0.269 e. The zero-order valence-corrected chi connectivity index (χ0v) is 18.3. The first-order valence-electron chi connectivity index (χ1n) is 11.6. The van der Waals surface area contributed by atoms with Crippen LogP contribution >= 0.6 is 0 Å². The Balaban J connectivity index is 1.44. The van der Waals surface area contributed by atoms with Gasteiger partial charge in [0.05, 0.1) is 11.0 Å². The van der Waals surface area contributed by atoms with E-state index in [2.05, 4.69) is 19.9 Å². The van der Waals surface area contributed by atoms with Crippen molar-refractivity contribution in [1.29, 1.82) is 0 Å². The van der Waals surface area contributed by atoms with E-state index in [9.17, 15) is 20.0 Å². The molecule has 3 saturated carbocycles. The van der Waals surface area contributed by atoms with Crippen molar-refractivity contribution in [1.82, 2.24) is 0 Å². The van der Waals surface area contributed by atoms with Crippen molar-refractivity contribution >= 4 is 17.5 Å². The van der Waals surface area contributed by atoms with E-state index in [-0.39, 0.29) is 28.4 Å². The summed E-state index contributed by atoms with van der Waals surface area (Å²) in [6, 6.07) is 6.47. The van der Waals surface area contributed by atoms with Crippen molar-refractivity contribution in [2.45, 2.75) is 64.9 Å². The van der Waals surface area contributed by atoms with Gasteiger partial charge in [-0.25, -0.2) is 0 Å². The molecule has 0 heterocycles. The van der Waals surface area contributed by atoms with Crippen LogP contribution in [0.2, 0.25) is 0 Å². The highest BCUT2D eigenvalue weighted by molar-refractivity contribution is 6.06. The van der Waals surface area contributed by atoms with Crippen molar-refractivity contribution in [3.8, 4) is 0 Å². The van der Waals surface area contributed by atoms with Crippen molar-refractivity contribution in [2.75, 3.05) is 0 Å². The second-order valence-corrected chi connectivity index (χ2v) is 10.7. The molecule has 4 aliphatic rings. The number of non-ortho nitro benzene ring substituents is 1. The summed E-state index contributed by atoms with van der Waals surface area (Å²) < 4.78 is 0. The fourth-order valence-corrected chi connectivity index (χ4v) is 7.33. The number of nitrogens with zero attached hydrogens (tertiary/aromatic N) is 1. The Hall–Kier alpha value is -2.27. The Morgan fingerprint density at radius 1 is 1.06 bits per heavy atom. The number of aliphatic hydroxyl groups excluding tert-OH is 1. The van der Waals surface area contributed by atoms with Crippen molar-refractivity contribution in [3.05, 3.63) is 57.2 Å². The van der Waals surface area contributed by atoms with Gasteiger partial charge in [-0.05, 0) is 97.5 Å². The van der Waals surface area contributed by atoms with E-state index < -0.39 is 4.92 Å². The van der Waals surface area contributed by atoms with Gasteiger partial charge in [-0.3, -0.25) is 14.9 Å². The Bertz CT molecular complexity index is 993. The number of fused-ring (bicyclic) bond motifs is 5. The Kier molecular flexibility index (Phi) is 4.74. The number of ketones is 1. The number of aliphatic hydroxyl groups is 1. The molecule has 1 aromatic carbocycles. The molecule has 4 unspecified atom stereocenters. The average Bonchev–Trinajstić information content (AvgIpc) is 2.99. The van der Waals surface area contributed by atoms with E-state index >= 15 is 0 Å². The molecule has 0 aromatic heterocycles. The lowest BCUT2D eigenvalue weighted by Crippen LogP contribution is -2.50. The normalized spacial score (nSPS) is 40.7. The molecule has 0 saturated heterocycles. The molecule has 1 aromatic rings. The number of benzene rings is 1. The highest BCUT2D eigenvalue weighted by Crippen LogP contribution is 2.64. The monoisotopic (exact) mass is 421 g/mol. The minimum Gasteiger partial charge on any atom is -0.393 e. The first-order valence-corrected chi connectivity index (χ1v) is 11.6. The predicted octanol–water partition coefficient (Wildman–Crippen LogP) is 5.48. The first kappa shape index (κ1) is 20.6. The minimum atomic E-state index is -0.400. The Morgan fingerprint density at radius 3 is 2.48 bits per heavy atom. The van der Waals surface area contributed by atoms with E-state index in [0.717, 1.165) is 56.1 Å². The van der Waals surface area contributed by atoms with Gasteiger partial charge in [0.25, 0.3) is 5.69 Å². The molecule has 0 bridgehead atoms. The highest BCUT2D eigenvalue weighted by atomic mass is 16.6. The van der Waals surface area contributed by atoms with Gasteiger partial charge in [0, 0.05) is 17.5 Å². The SMILES string of the molecule is C[C@@]12CCC3C(CC=C4CC(O)CC[C@]43C)C1C/C(=C/c1ccc([N+](=O)[O-])cc1)C2=O. The van der Waals surface area contributed by atoms with Crippen LogP contribution in [0.15, 0.2) is 41.5 Å². The lowest BCUT2D eigenvalue weighted by Gasteiger charge is -2.56. The van der Waals surface area contributed by atoms with Crippen LogP contribution < -0.4 is 0 Å². The summed E-state index contributed by atoms with van der Waals surface area (Å²) in [6.07, 6.45) is 10.7.